The number of aliphatic imine (C=N–C) groups is 1. The smallest absolute Gasteiger partial charge is 0.191 e. The van der Waals surface area contributed by atoms with E-state index >= 15 is 0 Å². The largest absolute Gasteiger partial charge is 0.393 e. The molecule has 3 rings (SSSR count). The Morgan fingerprint density at radius 3 is 2.15 bits per heavy atom. The number of nitrogens with one attached hydrogen (secondary N) is 2. The highest BCUT2D eigenvalue weighted by molar-refractivity contribution is 14.0. The second kappa shape index (κ2) is 13.9. The lowest BCUT2D eigenvalue weighted by molar-refractivity contribution is 0.0792. The first-order valence-corrected chi connectivity index (χ1v) is 12.1. The molecule has 1 saturated heterocycles. The Balaban J connectivity index is 0.00000385. The molecular formula is C27H41IN4O. The van der Waals surface area contributed by atoms with Gasteiger partial charge in [-0.3, -0.25) is 9.89 Å². The molecule has 33 heavy (non-hydrogen) atoms. The van der Waals surface area contributed by atoms with E-state index in [0.717, 1.165) is 64.4 Å². The van der Waals surface area contributed by atoms with E-state index in [0.29, 0.717) is 0 Å². The summed E-state index contributed by atoms with van der Waals surface area (Å²) in [6.45, 7) is 9.04. The molecule has 5 nitrogen and oxygen atoms in total. The van der Waals surface area contributed by atoms with E-state index < -0.39 is 0 Å². The summed E-state index contributed by atoms with van der Waals surface area (Å²) in [6, 6.07) is 19.6. The summed E-state index contributed by atoms with van der Waals surface area (Å²) in [7, 11) is 1.83. The second-order valence-corrected chi connectivity index (χ2v) is 8.96. The van der Waals surface area contributed by atoms with Gasteiger partial charge in [0.05, 0.1) is 6.10 Å². The van der Waals surface area contributed by atoms with Crippen LogP contribution in [0, 0.1) is 0 Å². The van der Waals surface area contributed by atoms with Gasteiger partial charge < -0.3 is 15.7 Å². The molecule has 0 saturated carbocycles. The van der Waals surface area contributed by atoms with Crippen molar-refractivity contribution in [2.24, 2.45) is 4.99 Å². The number of aliphatic hydroxyl groups excluding tert-OH is 1. The molecule has 2 aromatic carbocycles. The minimum Gasteiger partial charge on any atom is -0.393 e. The van der Waals surface area contributed by atoms with Crippen LogP contribution in [0.1, 0.15) is 56.2 Å². The van der Waals surface area contributed by atoms with Gasteiger partial charge in [0.2, 0.25) is 0 Å². The summed E-state index contributed by atoms with van der Waals surface area (Å²) >= 11 is 0. The molecule has 0 unspecified atom stereocenters. The van der Waals surface area contributed by atoms with Crippen LogP contribution in [-0.2, 0) is 18.5 Å². The van der Waals surface area contributed by atoms with Crippen LogP contribution in [0.15, 0.2) is 59.6 Å². The summed E-state index contributed by atoms with van der Waals surface area (Å²) in [5.41, 5.74) is 4.05. The van der Waals surface area contributed by atoms with Crippen molar-refractivity contribution < 1.29 is 5.11 Å². The molecule has 0 amide bonds. The third-order valence-corrected chi connectivity index (χ3v) is 7.00. The third-order valence-electron chi connectivity index (χ3n) is 7.00. The van der Waals surface area contributed by atoms with Gasteiger partial charge in [0.1, 0.15) is 0 Å². The Hall–Kier alpha value is -1.64. The van der Waals surface area contributed by atoms with Crippen LogP contribution >= 0.6 is 24.0 Å². The number of benzene rings is 2. The van der Waals surface area contributed by atoms with Crippen molar-refractivity contribution >= 4 is 29.9 Å². The zero-order chi connectivity index (χ0) is 22.8. The van der Waals surface area contributed by atoms with Gasteiger partial charge in [-0.05, 0) is 42.4 Å². The van der Waals surface area contributed by atoms with Crippen LogP contribution in [0.5, 0.6) is 0 Å². The van der Waals surface area contributed by atoms with Crippen LogP contribution in [-0.4, -0.2) is 48.8 Å². The Kier molecular flexibility index (Phi) is 11.6. The quantitative estimate of drug-likeness (QED) is 0.235. The van der Waals surface area contributed by atoms with Crippen LogP contribution in [0.25, 0.3) is 0 Å². The van der Waals surface area contributed by atoms with Gasteiger partial charge in [0.25, 0.3) is 0 Å². The maximum Gasteiger partial charge on any atom is 0.191 e. The van der Waals surface area contributed by atoms with Crippen molar-refractivity contribution in [2.75, 3.05) is 26.7 Å². The highest BCUT2D eigenvalue weighted by Gasteiger charge is 2.28. The van der Waals surface area contributed by atoms with Gasteiger partial charge in [-0.1, -0.05) is 68.4 Å². The fraction of sp³-hybridized carbons (Fsp3) is 0.519. The molecule has 1 aliphatic rings. The lowest BCUT2D eigenvalue weighted by Crippen LogP contribution is -2.45. The molecular weight excluding hydrogens is 523 g/mol. The monoisotopic (exact) mass is 564 g/mol. The van der Waals surface area contributed by atoms with Gasteiger partial charge in [0.15, 0.2) is 5.96 Å². The number of guanidine groups is 1. The topological polar surface area (TPSA) is 59.9 Å². The van der Waals surface area contributed by atoms with E-state index in [4.69, 9.17) is 0 Å². The minimum absolute atomic E-state index is 0. The fourth-order valence-corrected chi connectivity index (χ4v) is 4.56. The van der Waals surface area contributed by atoms with E-state index in [1.165, 1.54) is 16.7 Å². The molecule has 0 bridgehead atoms. The van der Waals surface area contributed by atoms with Crippen LogP contribution < -0.4 is 10.6 Å². The van der Waals surface area contributed by atoms with Crippen LogP contribution in [0.4, 0.5) is 0 Å². The van der Waals surface area contributed by atoms with Crippen molar-refractivity contribution in [3.63, 3.8) is 0 Å². The SMILES string of the molecule is CCC(CC)(CNC(=NC)NCc1ccc(CN2CCC(O)CC2)cc1)c1ccccc1.I. The molecule has 1 fully saturated rings. The zero-order valence-electron chi connectivity index (χ0n) is 20.4. The molecule has 2 aromatic rings. The second-order valence-electron chi connectivity index (χ2n) is 8.96. The average Bonchev–Trinajstić information content (AvgIpc) is 2.85. The lowest BCUT2D eigenvalue weighted by Gasteiger charge is -2.33. The molecule has 182 valence electrons. The summed E-state index contributed by atoms with van der Waals surface area (Å²) in [5.74, 6) is 0.836. The van der Waals surface area contributed by atoms with E-state index in [2.05, 4.69) is 89.0 Å². The number of piperidine rings is 1. The van der Waals surface area contributed by atoms with Crippen molar-refractivity contribution in [3.05, 3.63) is 71.3 Å². The Morgan fingerprint density at radius 1 is 0.970 bits per heavy atom. The first kappa shape index (κ1) is 27.6. The predicted octanol–water partition coefficient (Wildman–Crippen LogP) is 4.68. The summed E-state index contributed by atoms with van der Waals surface area (Å²) in [4.78, 5) is 6.86. The van der Waals surface area contributed by atoms with Gasteiger partial charge in [-0.2, -0.15) is 0 Å². The van der Waals surface area contributed by atoms with E-state index in [-0.39, 0.29) is 35.5 Å². The van der Waals surface area contributed by atoms with E-state index in [9.17, 15) is 5.11 Å². The molecule has 0 atom stereocenters. The number of rotatable bonds is 9. The molecule has 0 spiro atoms. The molecule has 0 aliphatic carbocycles. The van der Waals surface area contributed by atoms with Gasteiger partial charge in [-0.25, -0.2) is 0 Å². The van der Waals surface area contributed by atoms with Crippen molar-refractivity contribution in [3.8, 4) is 0 Å². The Morgan fingerprint density at radius 2 is 1.58 bits per heavy atom. The average molecular weight is 565 g/mol. The molecule has 0 aromatic heterocycles. The molecule has 6 heteroatoms. The van der Waals surface area contributed by atoms with Gasteiger partial charge >= 0.3 is 0 Å². The summed E-state index contributed by atoms with van der Waals surface area (Å²) < 4.78 is 0. The highest BCUT2D eigenvalue weighted by Crippen LogP contribution is 2.30. The number of halogens is 1. The number of aliphatic hydroxyl groups is 1. The third kappa shape index (κ3) is 7.97. The first-order valence-electron chi connectivity index (χ1n) is 12.1. The molecule has 1 heterocycles. The van der Waals surface area contributed by atoms with Crippen LogP contribution in [0.3, 0.4) is 0 Å². The number of hydrogen-bond acceptors (Lipinski definition) is 3. The van der Waals surface area contributed by atoms with Gasteiger partial charge in [0, 0.05) is 45.2 Å². The first-order chi connectivity index (χ1) is 15.6. The van der Waals surface area contributed by atoms with Crippen LogP contribution in [0.2, 0.25) is 0 Å². The molecule has 1 aliphatic heterocycles. The normalized spacial score (nSPS) is 15.7. The van der Waals surface area contributed by atoms with Gasteiger partial charge in [-0.15, -0.1) is 24.0 Å². The van der Waals surface area contributed by atoms with Crippen molar-refractivity contribution in [2.45, 2.75) is 64.1 Å². The standard InChI is InChI=1S/C27H40N4O.HI/c1-4-27(5-2,24-9-7-6-8-10-24)21-30-26(28-3)29-19-22-11-13-23(14-12-22)20-31-17-15-25(32)16-18-31;/h6-14,25,32H,4-5,15-21H2,1-3H3,(H2,28,29,30);1H. The molecule has 3 N–H and O–H groups in total. The fourth-order valence-electron chi connectivity index (χ4n) is 4.56. The maximum atomic E-state index is 9.67. The number of hydrogen-bond donors (Lipinski definition) is 3. The maximum absolute atomic E-state index is 9.67. The number of nitrogens with zero attached hydrogens (tertiary/aromatic N) is 2. The minimum atomic E-state index is -0.116. The Bertz CT molecular complexity index is 829. The van der Waals surface area contributed by atoms with Crippen molar-refractivity contribution in [1.29, 1.82) is 0 Å². The van der Waals surface area contributed by atoms with E-state index in [1.807, 2.05) is 7.05 Å². The number of likely N-dealkylation sites (tertiary alicyclic amines) is 1. The highest BCUT2D eigenvalue weighted by atomic mass is 127. The zero-order valence-corrected chi connectivity index (χ0v) is 22.7. The predicted molar refractivity (Wildman–Crippen MR) is 149 cm³/mol. The summed E-state index contributed by atoms with van der Waals surface area (Å²) in [5, 5.41) is 16.7. The van der Waals surface area contributed by atoms with Crippen molar-refractivity contribution in [1.82, 2.24) is 15.5 Å². The molecule has 0 radical (unpaired) electrons. The summed E-state index contributed by atoms with van der Waals surface area (Å²) in [6.07, 6.45) is 3.81. The Labute approximate surface area is 217 Å². The lowest BCUT2D eigenvalue weighted by atomic mass is 9.76. The van der Waals surface area contributed by atoms with E-state index in [1.54, 1.807) is 0 Å².